The summed E-state index contributed by atoms with van der Waals surface area (Å²) in [6, 6.07) is 0.309. The van der Waals surface area contributed by atoms with Gasteiger partial charge < -0.3 is 11.5 Å². The zero-order valence-corrected chi connectivity index (χ0v) is 8.79. The average Bonchev–Trinajstić information content (AvgIpc) is 2.09. The molecule has 4 atom stereocenters. The largest absolute Gasteiger partial charge is 0.330 e. The van der Waals surface area contributed by atoms with Crippen LogP contribution < -0.4 is 11.5 Å². The molecular weight excluding hydrogens is 160 g/mol. The zero-order chi connectivity index (χ0) is 10.0. The van der Waals surface area contributed by atoms with Gasteiger partial charge in [-0.3, -0.25) is 0 Å². The Morgan fingerprint density at radius 1 is 1.46 bits per heavy atom. The quantitative estimate of drug-likeness (QED) is 0.636. The minimum atomic E-state index is 0.309. The van der Waals surface area contributed by atoms with Gasteiger partial charge >= 0.3 is 0 Å². The lowest BCUT2D eigenvalue weighted by Gasteiger charge is -2.38. The summed E-state index contributed by atoms with van der Waals surface area (Å²) in [6.45, 7) is 9.09. The summed E-state index contributed by atoms with van der Waals surface area (Å²) in [5.74, 6) is 1.76. The van der Waals surface area contributed by atoms with E-state index in [1.807, 2.05) is 0 Å². The van der Waals surface area contributed by atoms with E-state index in [9.17, 15) is 0 Å². The first kappa shape index (κ1) is 10.7. The summed E-state index contributed by atoms with van der Waals surface area (Å²) in [6.07, 6.45) is 2.27. The van der Waals surface area contributed by atoms with E-state index < -0.39 is 0 Å². The monoisotopic (exact) mass is 182 g/mol. The molecule has 0 heterocycles. The van der Waals surface area contributed by atoms with Gasteiger partial charge in [-0.25, -0.2) is 0 Å². The van der Waals surface area contributed by atoms with E-state index in [0.717, 1.165) is 13.0 Å². The number of nitrogens with two attached hydrogens (primary N) is 2. The Balaban J connectivity index is 2.63. The highest BCUT2D eigenvalue weighted by Gasteiger charge is 2.32. The van der Waals surface area contributed by atoms with Crippen LogP contribution in [0.15, 0.2) is 12.2 Å². The summed E-state index contributed by atoms with van der Waals surface area (Å²) in [5.41, 5.74) is 13.1. The molecular formula is C11H22N2. The fraction of sp³-hybridized carbons (Fsp3) is 0.818. The van der Waals surface area contributed by atoms with Crippen LogP contribution in [0.1, 0.15) is 26.7 Å². The first-order valence-electron chi connectivity index (χ1n) is 5.17. The van der Waals surface area contributed by atoms with Crippen LogP contribution in [0.5, 0.6) is 0 Å². The van der Waals surface area contributed by atoms with Crippen molar-refractivity contribution >= 4 is 0 Å². The van der Waals surface area contributed by atoms with Crippen molar-refractivity contribution in [2.24, 2.45) is 29.2 Å². The average molecular weight is 182 g/mol. The molecule has 4 N–H and O–H groups in total. The molecule has 2 nitrogen and oxygen atoms in total. The van der Waals surface area contributed by atoms with Gasteiger partial charge in [0.15, 0.2) is 0 Å². The minimum Gasteiger partial charge on any atom is -0.330 e. The SMILES string of the molecule is C=C(C)C1CC(N)C(C)C(CN)C1. The summed E-state index contributed by atoms with van der Waals surface area (Å²) in [4.78, 5) is 0. The fourth-order valence-electron chi connectivity index (χ4n) is 2.28. The van der Waals surface area contributed by atoms with Crippen molar-refractivity contribution in [2.75, 3.05) is 6.54 Å². The lowest BCUT2D eigenvalue weighted by molar-refractivity contribution is 0.188. The Bertz CT molecular complexity index is 189. The van der Waals surface area contributed by atoms with Gasteiger partial charge in [0.05, 0.1) is 0 Å². The highest BCUT2D eigenvalue weighted by molar-refractivity contribution is 5.02. The molecule has 4 unspecified atom stereocenters. The molecule has 0 amide bonds. The molecule has 13 heavy (non-hydrogen) atoms. The van der Waals surface area contributed by atoms with E-state index in [1.165, 1.54) is 12.0 Å². The Morgan fingerprint density at radius 3 is 2.54 bits per heavy atom. The third-order valence-corrected chi connectivity index (χ3v) is 3.56. The van der Waals surface area contributed by atoms with Crippen molar-refractivity contribution in [3.8, 4) is 0 Å². The van der Waals surface area contributed by atoms with Gasteiger partial charge in [-0.2, -0.15) is 0 Å². The van der Waals surface area contributed by atoms with Crippen LogP contribution in [0.2, 0.25) is 0 Å². The maximum absolute atomic E-state index is 6.08. The van der Waals surface area contributed by atoms with Crippen LogP contribution >= 0.6 is 0 Å². The van der Waals surface area contributed by atoms with Crippen molar-refractivity contribution in [1.82, 2.24) is 0 Å². The van der Waals surface area contributed by atoms with Crippen molar-refractivity contribution in [2.45, 2.75) is 32.7 Å². The smallest absolute Gasteiger partial charge is 0.00733 e. The molecule has 2 heteroatoms. The van der Waals surface area contributed by atoms with Gasteiger partial charge in [0.25, 0.3) is 0 Å². The number of allylic oxidation sites excluding steroid dienone is 1. The van der Waals surface area contributed by atoms with Crippen molar-refractivity contribution in [3.05, 3.63) is 12.2 Å². The molecule has 0 saturated heterocycles. The van der Waals surface area contributed by atoms with Crippen LogP contribution in [0.4, 0.5) is 0 Å². The van der Waals surface area contributed by atoms with Gasteiger partial charge in [-0.1, -0.05) is 19.1 Å². The minimum absolute atomic E-state index is 0.309. The molecule has 0 aromatic carbocycles. The zero-order valence-electron chi connectivity index (χ0n) is 8.79. The highest BCUT2D eigenvalue weighted by atomic mass is 14.7. The van der Waals surface area contributed by atoms with E-state index in [2.05, 4.69) is 20.4 Å². The van der Waals surface area contributed by atoms with E-state index in [0.29, 0.717) is 23.8 Å². The van der Waals surface area contributed by atoms with Gasteiger partial charge in [0, 0.05) is 6.04 Å². The van der Waals surface area contributed by atoms with Crippen molar-refractivity contribution in [3.63, 3.8) is 0 Å². The molecule has 1 fully saturated rings. The van der Waals surface area contributed by atoms with Crippen LogP contribution in [0, 0.1) is 17.8 Å². The highest BCUT2D eigenvalue weighted by Crippen LogP contribution is 2.35. The number of hydrogen-bond donors (Lipinski definition) is 2. The summed E-state index contributed by atoms with van der Waals surface area (Å²) >= 11 is 0. The lowest BCUT2D eigenvalue weighted by atomic mass is 9.70. The predicted molar refractivity (Wildman–Crippen MR) is 57.2 cm³/mol. The summed E-state index contributed by atoms with van der Waals surface area (Å²) in [7, 11) is 0. The molecule has 0 radical (unpaired) electrons. The second-order valence-electron chi connectivity index (χ2n) is 4.53. The fourth-order valence-corrected chi connectivity index (χ4v) is 2.28. The number of hydrogen-bond acceptors (Lipinski definition) is 2. The van der Waals surface area contributed by atoms with E-state index in [1.54, 1.807) is 0 Å². The number of rotatable bonds is 2. The molecule has 0 aliphatic heterocycles. The van der Waals surface area contributed by atoms with Crippen LogP contribution in [-0.4, -0.2) is 12.6 Å². The molecule has 1 aliphatic carbocycles. The molecule has 0 bridgehead atoms. The topological polar surface area (TPSA) is 52.0 Å². The van der Waals surface area contributed by atoms with E-state index in [4.69, 9.17) is 11.5 Å². The van der Waals surface area contributed by atoms with E-state index in [-0.39, 0.29) is 0 Å². The first-order chi connectivity index (χ1) is 6.06. The lowest BCUT2D eigenvalue weighted by Crippen LogP contribution is -2.43. The van der Waals surface area contributed by atoms with Crippen LogP contribution in [-0.2, 0) is 0 Å². The maximum Gasteiger partial charge on any atom is 0.00733 e. The molecule has 76 valence electrons. The first-order valence-corrected chi connectivity index (χ1v) is 5.17. The molecule has 1 saturated carbocycles. The Kier molecular flexibility index (Phi) is 3.51. The second-order valence-corrected chi connectivity index (χ2v) is 4.53. The standard InChI is InChI=1S/C11H22N2/c1-7(2)9-4-10(6-12)8(3)11(13)5-9/h8-11H,1,4-6,12-13H2,2-3H3. The normalized spacial score (nSPS) is 40.3. The van der Waals surface area contributed by atoms with Crippen molar-refractivity contribution < 1.29 is 0 Å². The van der Waals surface area contributed by atoms with Gasteiger partial charge in [0.2, 0.25) is 0 Å². The third-order valence-electron chi connectivity index (χ3n) is 3.56. The van der Waals surface area contributed by atoms with Gasteiger partial charge in [-0.05, 0) is 44.1 Å². The third kappa shape index (κ3) is 2.32. The van der Waals surface area contributed by atoms with Gasteiger partial charge in [-0.15, -0.1) is 0 Å². The summed E-state index contributed by atoms with van der Waals surface area (Å²) < 4.78 is 0. The van der Waals surface area contributed by atoms with Crippen LogP contribution in [0.25, 0.3) is 0 Å². The Labute approximate surface area is 81.4 Å². The molecule has 0 aromatic heterocycles. The maximum atomic E-state index is 6.08. The van der Waals surface area contributed by atoms with Gasteiger partial charge in [0.1, 0.15) is 0 Å². The second kappa shape index (κ2) is 4.25. The molecule has 0 aromatic rings. The summed E-state index contributed by atoms with van der Waals surface area (Å²) in [5, 5.41) is 0. The molecule has 1 aliphatic rings. The van der Waals surface area contributed by atoms with Crippen LogP contribution in [0.3, 0.4) is 0 Å². The van der Waals surface area contributed by atoms with E-state index >= 15 is 0 Å². The Morgan fingerprint density at radius 2 is 2.08 bits per heavy atom. The molecule has 1 rings (SSSR count). The molecule has 0 spiro atoms. The Hall–Kier alpha value is -0.340. The van der Waals surface area contributed by atoms with Crippen molar-refractivity contribution in [1.29, 1.82) is 0 Å². The predicted octanol–water partition coefficient (Wildman–Crippen LogP) is 1.51.